The van der Waals surface area contributed by atoms with Crippen molar-refractivity contribution in [3.63, 3.8) is 0 Å². The molecule has 1 aliphatic heterocycles. The van der Waals surface area contributed by atoms with Gasteiger partial charge in [0.2, 0.25) is 0 Å². The molecule has 0 radical (unpaired) electrons. The molecular formula is C10H14ClN2OPSe. The van der Waals surface area contributed by atoms with Crippen LogP contribution < -0.4 is 4.46 Å². The van der Waals surface area contributed by atoms with E-state index < -0.39 is 4.95 Å². The molecule has 6 heteroatoms. The molecule has 16 heavy (non-hydrogen) atoms. The van der Waals surface area contributed by atoms with Crippen molar-refractivity contribution in [2.45, 2.75) is 0 Å². The van der Waals surface area contributed by atoms with Crippen LogP contribution in [0.2, 0.25) is 0 Å². The van der Waals surface area contributed by atoms with Crippen molar-refractivity contribution in [3.05, 3.63) is 30.3 Å². The summed E-state index contributed by atoms with van der Waals surface area (Å²) in [6, 6.07) is 10.2. The average Bonchev–Trinajstić information content (AvgIpc) is 2.27. The fourth-order valence-corrected chi connectivity index (χ4v) is 11.9. The number of benzene rings is 1. The fourth-order valence-electron chi connectivity index (χ4n) is 1.60. The van der Waals surface area contributed by atoms with Gasteiger partial charge < -0.3 is 0 Å². The van der Waals surface area contributed by atoms with Crippen molar-refractivity contribution in [2.24, 2.45) is 0 Å². The summed E-state index contributed by atoms with van der Waals surface area (Å²) in [7, 11) is 3.61. The third kappa shape index (κ3) is 1.56. The summed E-state index contributed by atoms with van der Waals surface area (Å²) in [5.74, 6) is 0. The molecule has 0 atom stereocenters. The van der Waals surface area contributed by atoms with E-state index in [1.165, 1.54) is 4.46 Å². The summed E-state index contributed by atoms with van der Waals surface area (Å²) in [6.45, 7) is 2.03. The summed E-state index contributed by atoms with van der Waals surface area (Å²) in [4.78, 5) is 8.95. The predicted molar refractivity (Wildman–Crippen MR) is 71.4 cm³/mol. The minimum absolute atomic E-state index is 0.0213. The Labute approximate surface area is 106 Å². The Hall–Kier alpha value is -0.271. The summed E-state index contributed by atoms with van der Waals surface area (Å²) in [6.07, 6.45) is 0. The molecule has 1 aliphatic rings. The van der Waals surface area contributed by atoms with Crippen LogP contribution in [-0.4, -0.2) is 50.6 Å². The Morgan fingerprint density at radius 2 is 1.69 bits per heavy atom. The summed E-state index contributed by atoms with van der Waals surface area (Å²) in [5, 5.41) is 0. The third-order valence-corrected chi connectivity index (χ3v) is 16.6. The molecule has 2 amide bonds. The van der Waals surface area contributed by atoms with E-state index in [9.17, 15) is 4.79 Å². The molecule has 88 valence electrons. The van der Waals surface area contributed by atoms with Gasteiger partial charge in [-0.1, -0.05) is 0 Å². The SMILES string of the molecule is CN1C(=O)N(C)P1(C)(Cl)[Se]c1ccccc1. The molecule has 1 saturated heterocycles. The van der Waals surface area contributed by atoms with E-state index in [4.69, 9.17) is 11.2 Å². The van der Waals surface area contributed by atoms with Crippen LogP contribution in [0.15, 0.2) is 30.3 Å². The van der Waals surface area contributed by atoms with E-state index in [-0.39, 0.29) is 20.5 Å². The van der Waals surface area contributed by atoms with E-state index in [1.54, 1.807) is 23.4 Å². The number of hydrogen-bond acceptors (Lipinski definition) is 1. The standard InChI is InChI=1S/C10H14ClN2OPSe/c1-12-10(14)13(2)15(12,3,11)16-9-7-5-4-6-8-9/h4-8H,1-3H3. The van der Waals surface area contributed by atoms with Crippen LogP contribution in [0.1, 0.15) is 0 Å². The number of hydrogen-bond donors (Lipinski definition) is 0. The molecule has 0 spiro atoms. The normalized spacial score (nSPS) is 24.5. The summed E-state index contributed by atoms with van der Waals surface area (Å²) < 4.78 is 4.71. The maximum absolute atomic E-state index is 11.6. The van der Waals surface area contributed by atoms with Crippen molar-refractivity contribution in [3.8, 4) is 0 Å². The second kappa shape index (κ2) is 3.61. The van der Waals surface area contributed by atoms with Gasteiger partial charge in [0.05, 0.1) is 0 Å². The van der Waals surface area contributed by atoms with Gasteiger partial charge in [-0.3, -0.25) is 0 Å². The number of halogens is 1. The molecule has 0 aliphatic carbocycles. The van der Waals surface area contributed by atoms with Crippen LogP contribution in [0.3, 0.4) is 0 Å². The zero-order valence-electron chi connectivity index (χ0n) is 9.42. The van der Waals surface area contributed by atoms with Gasteiger partial charge in [0.15, 0.2) is 0 Å². The first-order chi connectivity index (χ1) is 7.35. The summed E-state index contributed by atoms with van der Waals surface area (Å²) in [5.41, 5.74) is 0. The maximum atomic E-state index is 11.6. The second-order valence-corrected chi connectivity index (χ2v) is 19.2. The van der Waals surface area contributed by atoms with Crippen LogP contribution in [0.5, 0.6) is 0 Å². The quantitative estimate of drug-likeness (QED) is 0.604. The van der Waals surface area contributed by atoms with Gasteiger partial charge >= 0.3 is 106 Å². The molecule has 2 rings (SSSR count). The monoisotopic (exact) mass is 324 g/mol. The number of rotatable bonds is 2. The molecule has 0 saturated carbocycles. The molecule has 0 unspecified atom stereocenters. The topological polar surface area (TPSA) is 23.6 Å². The van der Waals surface area contributed by atoms with E-state index in [1.807, 2.05) is 24.9 Å². The summed E-state index contributed by atoms with van der Waals surface area (Å²) >= 11 is 6.87. The van der Waals surface area contributed by atoms with Gasteiger partial charge in [-0.25, -0.2) is 0 Å². The Morgan fingerprint density at radius 3 is 2.19 bits per heavy atom. The number of carbonyl (C=O) groups excluding carboxylic acids is 1. The van der Waals surface area contributed by atoms with Crippen LogP contribution in [-0.2, 0) is 0 Å². The molecule has 1 aromatic carbocycles. The van der Waals surface area contributed by atoms with Crippen molar-refractivity contribution in [2.75, 3.05) is 20.8 Å². The third-order valence-electron chi connectivity index (χ3n) is 2.95. The Balaban J connectivity index is 2.30. The number of nitrogens with zero attached hydrogens (tertiary/aromatic N) is 2. The van der Waals surface area contributed by atoms with E-state index in [2.05, 4.69) is 12.1 Å². The van der Waals surface area contributed by atoms with Crippen molar-refractivity contribution in [1.82, 2.24) is 9.34 Å². The zero-order valence-corrected chi connectivity index (χ0v) is 12.8. The fraction of sp³-hybridized carbons (Fsp3) is 0.300. The minimum atomic E-state index is -2.63. The molecule has 1 fully saturated rings. The van der Waals surface area contributed by atoms with Crippen LogP contribution in [0, 0.1) is 0 Å². The number of carbonyl (C=O) groups is 1. The van der Waals surface area contributed by atoms with Gasteiger partial charge in [0.25, 0.3) is 0 Å². The molecule has 0 N–H and O–H groups in total. The molecule has 0 bridgehead atoms. The van der Waals surface area contributed by atoms with Crippen molar-refractivity contribution >= 4 is 41.2 Å². The van der Waals surface area contributed by atoms with Crippen LogP contribution in [0.25, 0.3) is 0 Å². The molecular weight excluding hydrogens is 310 g/mol. The number of amides is 2. The molecule has 3 nitrogen and oxygen atoms in total. The Bertz CT molecular complexity index is 424. The predicted octanol–water partition coefficient (Wildman–Crippen LogP) is 2.10. The molecule has 1 heterocycles. The first-order valence-corrected chi connectivity index (χ1v) is 11.4. The van der Waals surface area contributed by atoms with Gasteiger partial charge in [0.1, 0.15) is 0 Å². The van der Waals surface area contributed by atoms with Gasteiger partial charge in [-0.15, -0.1) is 0 Å². The van der Waals surface area contributed by atoms with Gasteiger partial charge in [-0.05, 0) is 0 Å². The van der Waals surface area contributed by atoms with Crippen LogP contribution >= 0.6 is 16.2 Å². The van der Waals surface area contributed by atoms with Gasteiger partial charge in [-0.2, -0.15) is 0 Å². The van der Waals surface area contributed by atoms with Crippen LogP contribution in [0.4, 0.5) is 4.79 Å². The van der Waals surface area contributed by atoms with E-state index in [0.717, 1.165) is 0 Å². The van der Waals surface area contributed by atoms with E-state index >= 15 is 0 Å². The second-order valence-electron chi connectivity index (χ2n) is 3.96. The first kappa shape index (κ1) is 12.2. The Morgan fingerprint density at radius 1 is 1.19 bits per heavy atom. The first-order valence-electron chi connectivity index (χ1n) is 4.86. The zero-order chi connectivity index (χ0) is 12.0. The molecule has 1 aromatic rings. The number of urea groups is 1. The van der Waals surface area contributed by atoms with Crippen molar-refractivity contribution < 1.29 is 4.79 Å². The Kier molecular flexibility index (Phi) is 2.75. The molecule has 0 aromatic heterocycles. The average molecular weight is 324 g/mol. The van der Waals surface area contributed by atoms with E-state index in [0.29, 0.717) is 0 Å². The van der Waals surface area contributed by atoms with Crippen molar-refractivity contribution in [1.29, 1.82) is 0 Å². The van der Waals surface area contributed by atoms with Gasteiger partial charge in [0, 0.05) is 0 Å².